The second-order valence-electron chi connectivity index (χ2n) is 13.1. The molecule has 0 unspecified atom stereocenters. The van der Waals surface area contributed by atoms with Crippen molar-refractivity contribution < 1.29 is 18.3 Å². The van der Waals surface area contributed by atoms with Crippen molar-refractivity contribution in [2.24, 2.45) is 5.92 Å². The maximum Gasteiger partial charge on any atom is 0.350 e. The molecule has 4 heterocycles. The highest BCUT2D eigenvalue weighted by Gasteiger charge is 2.44. The first kappa shape index (κ1) is 33.5. The number of nitrogens with zero attached hydrogens (tertiary/aromatic N) is 8. The fraction of sp³-hybridized carbons (Fsp3) is 0.405. The van der Waals surface area contributed by atoms with Gasteiger partial charge in [-0.3, -0.25) is 0 Å². The van der Waals surface area contributed by atoms with Gasteiger partial charge in [-0.1, -0.05) is 19.9 Å². The smallest absolute Gasteiger partial charge is 0.350 e. The summed E-state index contributed by atoms with van der Waals surface area (Å²) >= 11 is 0. The number of hydrogen-bond donors (Lipinski definition) is 0. The van der Waals surface area contributed by atoms with Crippen molar-refractivity contribution in [3.05, 3.63) is 113 Å². The highest BCUT2D eigenvalue weighted by atomic mass is 19.1. The van der Waals surface area contributed by atoms with Crippen LogP contribution in [0.15, 0.2) is 90.5 Å². The fourth-order valence-electron chi connectivity index (χ4n) is 7.18. The number of ether oxygens (including phenoxy) is 2. The third-order valence-corrected chi connectivity index (χ3v) is 9.96. The molecule has 2 fully saturated rings. The summed E-state index contributed by atoms with van der Waals surface area (Å²) in [6.07, 6.45) is 6.81. The summed E-state index contributed by atoms with van der Waals surface area (Å²) in [7, 11) is 0. The molecular formula is C37H42F2N8O3. The molecule has 2 aliphatic rings. The Morgan fingerprint density at radius 2 is 1.54 bits per heavy atom. The van der Waals surface area contributed by atoms with Gasteiger partial charge in [0.25, 0.3) is 0 Å². The Morgan fingerprint density at radius 1 is 0.880 bits per heavy atom. The predicted octanol–water partition coefficient (Wildman–Crippen LogP) is 5.60. The zero-order valence-electron chi connectivity index (χ0n) is 28.4. The molecule has 2 atom stereocenters. The number of hydrogen-bond acceptors (Lipinski definition) is 8. The van der Waals surface area contributed by atoms with E-state index in [-0.39, 0.29) is 24.2 Å². The minimum absolute atomic E-state index is 0.00191. The Bertz CT molecular complexity index is 1920. The third kappa shape index (κ3) is 6.87. The van der Waals surface area contributed by atoms with Crippen LogP contribution in [0.2, 0.25) is 0 Å². The molecule has 0 N–H and O–H groups in total. The van der Waals surface area contributed by atoms with Crippen LogP contribution in [0.1, 0.15) is 44.7 Å². The van der Waals surface area contributed by atoms with Gasteiger partial charge in [0, 0.05) is 55.1 Å². The van der Waals surface area contributed by atoms with E-state index in [1.54, 1.807) is 26.6 Å². The van der Waals surface area contributed by atoms with Crippen molar-refractivity contribution in [2.75, 3.05) is 49.2 Å². The van der Waals surface area contributed by atoms with Gasteiger partial charge in [0.2, 0.25) is 0 Å². The first-order chi connectivity index (χ1) is 24.4. The second kappa shape index (κ2) is 14.4. The molecule has 0 saturated carbocycles. The quantitative estimate of drug-likeness (QED) is 0.168. The van der Waals surface area contributed by atoms with Crippen molar-refractivity contribution in [1.82, 2.24) is 29.1 Å². The Kier molecular flexibility index (Phi) is 9.66. The summed E-state index contributed by atoms with van der Waals surface area (Å²) in [5, 5.41) is 8.55. The molecule has 2 saturated heterocycles. The Balaban J connectivity index is 0.924. The van der Waals surface area contributed by atoms with E-state index in [0.717, 1.165) is 67.9 Å². The first-order valence-corrected chi connectivity index (χ1v) is 17.3. The molecule has 50 heavy (non-hydrogen) atoms. The largest absolute Gasteiger partial charge is 0.493 e. The van der Waals surface area contributed by atoms with Gasteiger partial charge in [-0.2, -0.15) is 10.2 Å². The van der Waals surface area contributed by atoms with Gasteiger partial charge in [-0.05, 0) is 73.9 Å². The summed E-state index contributed by atoms with van der Waals surface area (Å²) < 4.78 is 45.9. The lowest BCUT2D eigenvalue weighted by molar-refractivity contribution is -0.0206. The highest BCUT2D eigenvalue weighted by Crippen LogP contribution is 2.42. The number of rotatable bonds is 12. The van der Waals surface area contributed by atoms with E-state index < -0.39 is 17.2 Å². The SMILES string of the molecule is CCC(CC)n1ncn(-c2ccc(N3CCN(c4ccc(OC[C@@H]5CO[C@@](Cn6cncn6)(c6ccc(F)cc6F)C5)cc4)CC3)cc2)c1=O. The maximum absolute atomic E-state index is 15.0. The first-order valence-electron chi connectivity index (χ1n) is 17.3. The van der Waals surface area contributed by atoms with Crippen LogP contribution in [-0.2, 0) is 16.9 Å². The standard InChI is InChI=1S/C37H42F2N8O3/c1-3-29(4-2)47-36(48)46(26-42-47)32-8-6-30(7-9-32)43-15-17-44(18-16-43)31-10-12-33(13-11-31)49-21-27-20-37(50-22-27,23-45-25-40-24-41-45)34-14-5-28(38)19-35(34)39/h5-14,19,24-27,29H,3-4,15-18,20-23H2,1-2H3/t27-,37+/m1/s1. The Labute approximate surface area is 289 Å². The van der Waals surface area contributed by atoms with Gasteiger partial charge in [0.15, 0.2) is 0 Å². The summed E-state index contributed by atoms with van der Waals surface area (Å²) in [6.45, 7) is 8.66. The van der Waals surface area contributed by atoms with E-state index in [9.17, 15) is 13.6 Å². The van der Waals surface area contributed by atoms with Gasteiger partial charge in [0.05, 0.1) is 31.5 Å². The van der Waals surface area contributed by atoms with E-state index in [2.05, 4.69) is 63.1 Å². The number of anilines is 2. The van der Waals surface area contributed by atoms with Crippen molar-refractivity contribution in [2.45, 2.75) is 51.3 Å². The van der Waals surface area contributed by atoms with Gasteiger partial charge in [-0.15, -0.1) is 0 Å². The lowest BCUT2D eigenvalue weighted by atomic mass is 9.87. The molecule has 0 amide bonds. The lowest BCUT2D eigenvalue weighted by Gasteiger charge is -2.37. The Morgan fingerprint density at radius 3 is 2.16 bits per heavy atom. The second-order valence-corrected chi connectivity index (χ2v) is 13.1. The molecule has 5 aromatic rings. The van der Waals surface area contributed by atoms with Gasteiger partial charge in [0.1, 0.15) is 42.0 Å². The highest BCUT2D eigenvalue weighted by molar-refractivity contribution is 5.54. The van der Waals surface area contributed by atoms with Crippen LogP contribution in [0.3, 0.4) is 0 Å². The number of halogens is 2. The van der Waals surface area contributed by atoms with E-state index in [4.69, 9.17) is 9.47 Å². The molecule has 0 radical (unpaired) electrons. The molecule has 11 nitrogen and oxygen atoms in total. The summed E-state index contributed by atoms with van der Waals surface area (Å²) in [4.78, 5) is 21.7. The molecule has 13 heteroatoms. The minimum atomic E-state index is -1.01. The summed E-state index contributed by atoms with van der Waals surface area (Å²) in [5.74, 6) is -0.527. The van der Waals surface area contributed by atoms with Crippen LogP contribution in [0.25, 0.3) is 5.69 Å². The predicted molar refractivity (Wildman–Crippen MR) is 186 cm³/mol. The Hall–Kier alpha value is -5.04. The molecule has 262 valence electrons. The number of piperazine rings is 1. The molecule has 3 aromatic carbocycles. The molecule has 0 spiro atoms. The zero-order valence-corrected chi connectivity index (χ0v) is 28.4. The summed E-state index contributed by atoms with van der Waals surface area (Å²) in [5.41, 5.74) is 2.25. The van der Waals surface area contributed by atoms with Crippen LogP contribution < -0.4 is 20.2 Å². The molecule has 7 rings (SSSR count). The van der Waals surface area contributed by atoms with Gasteiger partial charge < -0.3 is 19.3 Å². The molecule has 0 bridgehead atoms. The third-order valence-electron chi connectivity index (χ3n) is 9.96. The van der Waals surface area contributed by atoms with Crippen LogP contribution >= 0.6 is 0 Å². The van der Waals surface area contributed by atoms with Crippen molar-refractivity contribution in [3.8, 4) is 11.4 Å². The van der Waals surface area contributed by atoms with Crippen molar-refractivity contribution in [1.29, 1.82) is 0 Å². The van der Waals surface area contributed by atoms with Crippen molar-refractivity contribution in [3.63, 3.8) is 0 Å². The summed E-state index contributed by atoms with van der Waals surface area (Å²) in [6, 6.07) is 19.9. The van der Waals surface area contributed by atoms with E-state index in [1.807, 2.05) is 24.3 Å². The van der Waals surface area contributed by atoms with E-state index in [1.165, 1.54) is 18.5 Å². The van der Waals surface area contributed by atoms with E-state index >= 15 is 0 Å². The molecule has 2 aromatic heterocycles. The maximum atomic E-state index is 15.0. The number of benzene rings is 3. The molecule has 2 aliphatic heterocycles. The monoisotopic (exact) mass is 684 g/mol. The van der Waals surface area contributed by atoms with Gasteiger partial charge >= 0.3 is 5.69 Å². The average Bonchev–Trinajstić information content (AvgIpc) is 3.90. The number of aromatic nitrogens is 6. The van der Waals surface area contributed by atoms with Crippen molar-refractivity contribution >= 4 is 11.4 Å². The van der Waals surface area contributed by atoms with E-state index in [0.29, 0.717) is 25.2 Å². The molecule has 0 aliphatic carbocycles. The van der Waals surface area contributed by atoms with Crippen LogP contribution in [0.4, 0.5) is 20.2 Å². The fourth-order valence-corrected chi connectivity index (χ4v) is 7.18. The minimum Gasteiger partial charge on any atom is -0.493 e. The lowest BCUT2D eigenvalue weighted by Crippen LogP contribution is -2.46. The molecular weight excluding hydrogens is 642 g/mol. The average molecular weight is 685 g/mol. The zero-order chi connectivity index (χ0) is 34.7. The topological polar surface area (TPSA) is 95.5 Å². The van der Waals surface area contributed by atoms with Gasteiger partial charge in [-0.25, -0.2) is 32.5 Å². The normalized spacial score (nSPS) is 19.4. The van der Waals surface area contributed by atoms with Crippen LogP contribution in [-0.4, -0.2) is 68.5 Å². The van der Waals surface area contributed by atoms with Crippen LogP contribution in [0.5, 0.6) is 5.75 Å². The van der Waals surface area contributed by atoms with Crippen LogP contribution in [0, 0.1) is 17.6 Å².